The summed E-state index contributed by atoms with van der Waals surface area (Å²) in [6, 6.07) is 0. The number of allylic oxidation sites excluding steroid dienone is 2. The Morgan fingerprint density at radius 2 is 1.82 bits per heavy atom. The smallest absolute Gasteiger partial charge is 0.0322 e. The van der Waals surface area contributed by atoms with E-state index < -0.39 is 0 Å². The summed E-state index contributed by atoms with van der Waals surface area (Å²) < 4.78 is 0. The number of hydrogen-bond donors (Lipinski definition) is 0. The second-order valence-electron chi connectivity index (χ2n) is 3.56. The fraction of sp³-hybridized carbons (Fsp3) is 0.727. The van der Waals surface area contributed by atoms with Gasteiger partial charge in [-0.2, -0.15) is 0 Å². The zero-order valence-electron chi connectivity index (χ0n) is 7.39. The predicted molar refractivity (Wildman–Crippen MR) is 50.3 cm³/mol. The van der Waals surface area contributed by atoms with Crippen molar-refractivity contribution in [3.63, 3.8) is 0 Å². The maximum Gasteiger partial charge on any atom is -0.0322 e. The Morgan fingerprint density at radius 1 is 1.00 bits per heavy atom. The Kier molecular flexibility index (Phi) is 4.33. The van der Waals surface area contributed by atoms with Crippen LogP contribution >= 0.6 is 0 Å². The molecule has 0 aromatic heterocycles. The van der Waals surface area contributed by atoms with Gasteiger partial charge in [-0.3, -0.25) is 0 Å². The van der Waals surface area contributed by atoms with Gasteiger partial charge in [0.15, 0.2) is 0 Å². The van der Waals surface area contributed by atoms with Gasteiger partial charge < -0.3 is 0 Å². The van der Waals surface area contributed by atoms with Crippen molar-refractivity contribution in [2.75, 3.05) is 0 Å². The van der Waals surface area contributed by atoms with Crippen LogP contribution < -0.4 is 0 Å². The third-order valence-electron chi connectivity index (χ3n) is 2.37. The van der Waals surface area contributed by atoms with Gasteiger partial charge in [-0.25, -0.2) is 0 Å². The lowest BCUT2D eigenvalue weighted by Gasteiger charge is -2.09. The van der Waals surface area contributed by atoms with Gasteiger partial charge >= 0.3 is 0 Å². The minimum Gasteiger partial charge on any atom is -0.0885 e. The summed E-state index contributed by atoms with van der Waals surface area (Å²) in [5.41, 5.74) is 0. The summed E-state index contributed by atoms with van der Waals surface area (Å²) in [5.74, 6) is 0.671. The zero-order valence-corrected chi connectivity index (χ0v) is 7.39. The molecule has 0 saturated carbocycles. The van der Waals surface area contributed by atoms with Crippen molar-refractivity contribution in [3.05, 3.63) is 19.1 Å². The van der Waals surface area contributed by atoms with Crippen LogP contribution in [0.2, 0.25) is 0 Å². The van der Waals surface area contributed by atoms with Gasteiger partial charge in [0.1, 0.15) is 0 Å². The molecule has 1 atom stereocenters. The van der Waals surface area contributed by atoms with Crippen molar-refractivity contribution in [2.24, 2.45) is 5.92 Å². The third-order valence-corrected chi connectivity index (χ3v) is 2.37. The van der Waals surface area contributed by atoms with E-state index in [1.54, 1.807) is 0 Å². The van der Waals surface area contributed by atoms with E-state index in [-0.39, 0.29) is 0 Å². The highest BCUT2D eigenvalue weighted by atomic mass is 14.1. The molecule has 0 spiro atoms. The Balaban J connectivity index is 2.25. The maximum absolute atomic E-state index is 4.12. The highest BCUT2D eigenvalue weighted by molar-refractivity contribution is 4.85. The number of rotatable bonds is 0. The van der Waals surface area contributed by atoms with Crippen molar-refractivity contribution >= 4 is 0 Å². The highest BCUT2D eigenvalue weighted by Crippen LogP contribution is 2.16. The van der Waals surface area contributed by atoms with Crippen LogP contribution in [0.25, 0.3) is 0 Å². The summed E-state index contributed by atoms with van der Waals surface area (Å²) in [6.07, 6.45) is 14.0. The molecular formula is C11H19. The summed E-state index contributed by atoms with van der Waals surface area (Å²) in [5, 5.41) is 0. The minimum absolute atomic E-state index is 0.671. The second kappa shape index (κ2) is 5.40. The van der Waals surface area contributed by atoms with Gasteiger partial charge in [0.05, 0.1) is 0 Å². The molecule has 1 aliphatic carbocycles. The third kappa shape index (κ3) is 4.23. The Bertz CT molecular complexity index is 113. The lowest BCUT2D eigenvalue weighted by molar-refractivity contribution is 0.521. The standard InChI is InChI=1S/C11H19/c1-11-9-7-5-3-2-4-6-8-10-11/h5,7,11H,1-4,6,8-10H2/b7-5+. The summed E-state index contributed by atoms with van der Waals surface area (Å²) in [4.78, 5) is 0. The van der Waals surface area contributed by atoms with Crippen LogP contribution in [-0.2, 0) is 0 Å². The molecule has 0 amide bonds. The van der Waals surface area contributed by atoms with Gasteiger partial charge in [0.2, 0.25) is 0 Å². The molecule has 0 nitrogen and oxygen atoms in total. The van der Waals surface area contributed by atoms with E-state index in [1.807, 2.05) is 0 Å². The predicted octanol–water partition coefficient (Wildman–Crippen LogP) is 3.74. The molecule has 0 heterocycles. The topological polar surface area (TPSA) is 0 Å². The summed E-state index contributed by atoms with van der Waals surface area (Å²) >= 11 is 0. The van der Waals surface area contributed by atoms with Gasteiger partial charge in [-0.05, 0) is 32.1 Å². The van der Waals surface area contributed by atoms with E-state index in [0.29, 0.717) is 5.92 Å². The normalized spacial score (nSPS) is 31.2. The first-order valence-electron chi connectivity index (χ1n) is 4.87. The molecule has 11 heavy (non-hydrogen) atoms. The van der Waals surface area contributed by atoms with E-state index in [4.69, 9.17) is 0 Å². The summed E-state index contributed by atoms with van der Waals surface area (Å²) in [6.45, 7) is 4.12. The van der Waals surface area contributed by atoms with E-state index >= 15 is 0 Å². The first-order valence-corrected chi connectivity index (χ1v) is 4.87. The van der Waals surface area contributed by atoms with Crippen LogP contribution in [0.1, 0.15) is 44.9 Å². The Labute approximate surface area is 70.7 Å². The molecule has 0 saturated heterocycles. The van der Waals surface area contributed by atoms with E-state index in [2.05, 4.69) is 19.1 Å². The van der Waals surface area contributed by atoms with Crippen LogP contribution in [0.5, 0.6) is 0 Å². The van der Waals surface area contributed by atoms with Crippen molar-refractivity contribution in [3.8, 4) is 0 Å². The lowest BCUT2D eigenvalue weighted by atomic mass is 9.97. The van der Waals surface area contributed by atoms with Crippen molar-refractivity contribution in [2.45, 2.75) is 44.9 Å². The van der Waals surface area contributed by atoms with Crippen LogP contribution in [0, 0.1) is 12.8 Å². The van der Waals surface area contributed by atoms with E-state index in [9.17, 15) is 0 Å². The van der Waals surface area contributed by atoms with Gasteiger partial charge in [0, 0.05) is 0 Å². The average Bonchev–Trinajstić information content (AvgIpc) is 2.03. The Morgan fingerprint density at radius 3 is 2.73 bits per heavy atom. The van der Waals surface area contributed by atoms with Crippen molar-refractivity contribution < 1.29 is 0 Å². The largest absolute Gasteiger partial charge is 0.0885 e. The van der Waals surface area contributed by atoms with Crippen LogP contribution in [0.15, 0.2) is 12.2 Å². The quantitative estimate of drug-likeness (QED) is 0.463. The van der Waals surface area contributed by atoms with Crippen LogP contribution in [0.3, 0.4) is 0 Å². The molecule has 0 N–H and O–H groups in total. The highest BCUT2D eigenvalue weighted by Gasteiger charge is 2.00. The average molecular weight is 151 g/mol. The molecular weight excluding hydrogens is 132 g/mol. The number of hydrogen-bond acceptors (Lipinski definition) is 0. The fourth-order valence-electron chi connectivity index (χ4n) is 1.57. The molecule has 0 aromatic rings. The molecule has 0 heteroatoms. The van der Waals surface area contributed by atoms with Crippen molar-refractivity contribution in [1.29, 1.82) is 0 Å². The first-order chi connectivity index (χ1) is 5.39. The molecule has 0 bridgehead atoms. The molecule has 1 rings (SSSR count). The molecule has 1 aliphatic rings. The Hall–Kier alpha value is -0.260. The molecule has 0 fully saturated rings. The summed E-state index contributed by atoms with van der Waals surface area (Å²) in [7, 11) is 0. The van der Waals surface area contributed by atoms with E-state index in [0.717, 1.165) is 0 Å². The molecule has 0 aliphatic heterocycles. The lowest BCUT2D eigenvalue weighted by Crippen LogP contribution is -1.94. The molecule has 1 radical (unpaired) electrons. The zero-order chi connectivity index (χ0) is 7.94. The maximum atomic E-state index is 4.12. The second-order valence-corrected chi connectivity index (χ2v) is 3.56. The van der Waals surface area contributed by atoms with E-state index in [1.165, 1.54) is 44.9 Å². The first kappa shape index (κ1) is 8.83. The fourth-order valence-corrected chi connectivity index (χ4v) is 1.57. The van der Waals surface area contributed by atoms with Crippen LogP contribution in [-0.4, -0.2) is 0 Å². The molecule has 63 valence electrons. The monoisotopic (exact) mass is 151 g/mol. The SMILES string of the molecule is [CH2]C1C/C=C/CCCCCC1. The van der Waals surface area contributed by atoms with Gasteiger partial charge in [0.25, 0.3) is 0 Å². The van der Waals surface area contributed by atoms with Gasteiger partial charge in [-0.15, -0.1) is 0 Å². The molecule has 1 unspecified atom stereocenters. The minimum atomic E-state index is 0.671. The van der Waals surface area contributed by atoms with Crippen LogP contribution in [0.4, 0.5) is 0 Å². The van der Waals surface area contributed by atoms with Gasteiger partial charge in [-0.1, -0.05) is 37.8 Å². The molecule has 0 aromatic carbocycles. The van der Waals surface area contributed by atoms with Crippen molar-refractivity contribution in [1.82, 2.24) is 0 Å².